The van der Waals surface area contributed by atoms with Gasteiger partial charge >= 0.3 is 0 Å². The van der Waals surface area contributed by atoms with E-state index in [1.54, 1.807) is 0 Å². The highest BCUT2D eigenvalue weighted by atomic mass is 15.3. The number of aryl methyl sites for hydroxylation is 8. The van der Waals surface area contributed by atoms with Gasteiger partial charge in [0.25, 0.3) is 0 Å². The maximum Gasteiger partial charge on any atom is 0.0705 e. The largest absolute Gasteiger partial charge is 0.306 e. The predicted molar refractivity (Wildman–Crippen MR) is 386 cm³/mol. The minimum atomic E-state index is 1.17. The summed E-state index contributed by atoms with van der Waals surface area (Å²) in [6, 6.07) is 65.0. The zero-order chi connectivity index (χ0) is 61.5. The average molecular weight is 1170 g/mol. The molecule has 0 unspecified atom stereocenters. The summed E-state index contributed by atoms with van der Waals surface area (Å²) in [5.74, 6) is 0. The molecule has 2 aliphatic heterocycles. The van der Waals surface area contributed by atoms with Gasteiger partial charge in [0.05, 0.1) is 45.5 Å². The van der Waals surface area contributed by atoms with Crippen LogP contribution in [0.3, 0.4) is 0 Å². The SMILES string of the molecule is CCCCCCCCc1ccc(N2c3ccc(C)cc3N(c3ccc(CCCCCCCC)cc3)c3cc(C)ccc32)cc1.CCCCCCCCc1ccc(N2c3ccc(C)cc3N(c3ccc(CCCCCCCC)cc3)c3ccc(C)cc32)cc1. The Morgan fingerprint density at radius 1 is 0.193 bits per heavy atom. The van der Waals surface area contributed by atoms with Gasteiger partial charge in [0, 0.05) is 22.7 Å². The van der Waals surface area contributed by atoms with Gasteiger partial charge in [-0.15, -0.1) is 0 Å². The van der Waals surface area contributed by atoms with Crippen molar-refractivity contribution in [1.82, 2.24) is 0 Å². The van der Waals surface area contributed by atoms with Gasteiger partial charge in [-0.2, -0.15) is 0 Å². The van der Waals surface area contributed by atoms with Crippen LogP contribution in [0.15, 0.2) is 170 Å². The molecular weight excluding hydrogens is 1060 g/mol. The Bertz CT molecular complexity index is 3190. The molecule has 8 aromatic rings. The molecule has 2 aliphatic rings. The minimum absolute atomic E-state index is 1.17. The van der Waals surface area contributed by atoms with Gasteiger partial charge in [-0.25, -0.2) is 0 Å². The highest BCUT2D eigenvalue weighted by molar-refractivity contribution is 6.03. The number of hydrogen-bond acceptors (Lipinski definition) is 4. The molecule has 2 heterocycles. The zero-order valence-electron chi connectivity index (χ0n) is 55.8. The van der Waals surface area contributed by atoms with Crippen molar-refractivity contribution >= 4 is 68.2 Å². The van der Waals surface area contributed by atoms with Crippen LogP contribution >= 0.6 is 0 Å². The normalized spacial score (nSPS) is 12.4. The summed E-state index contributed by atoms with van der Waals surface area (Å²) in [4.78, 5) is 9.87. The first-order valence-electron chi connectivity index (χ1n) is 35.2. The summed E-state index contributed by atoms with van der Waals surface area (Å²) in [6.07, 6.45) is 36.8. The second kappa shape index (κ2) is 34.1. The number of unbranched alkanes of at least 4 members (excludes halogenated alkanes) is 20. The summed E-state index contributed by atoms with van der Waals surface area (Å²) in [6.45, 7) is 18.0. The molecule has 464 valence electrons. The summed E-state index contributed by atoms with van der Waals surface area (Å²) in [5, 5.41) is 0. The van der Waals surface area contributed by atoms with Crippen molar-refractivity contribution in [1.29, 1.82) is 0 Å². The lowest BCUT2D eigenvalue weighted by atomic mass is 10.00. The van der Waals surface area contributed by atoms with Crippen molar-refractivity contribution < 1.29 is 0 Å². The van der Waals surface area contributed by atoms with Crippen molar-refractivity contribution in [3.8, 4) is 0 Å². The van der Waals surface area contributed by atoms with E-state index < -0.39 is 0 Å². The van der Waals surface area contributed by atoms with E-state index in [0.29, 0.717) is 0 Å². The molecule has 0 radical (unpaired) electrons. The molecule has 0 fully saturated rings. The van der Waals surface area contributed by atoms with E-state index in [0.717, 1.165) is 0 Å². The highest BCUT2D eigenvalue weighted by Crippen LogP contribution is 2.56. The van der Waals surface area contributed by atoms with Crippen LogP contribution in [-0.4, -0.2) is 0 Å². The fourth-order valence-electron chi connectivity index (χ4n) is 13.3. The Kier molecular flexibility index (Phi) is 25.3. The highest BCUT2D eigenvalue weighted by Gasteiger charge is 2.33. The molecule has 0 saturated carbocycles. The molecule has 0 aliphatic carbocycles. The first-order valence-corrected chi connectivity index (χ1v) is 35.2. The molecule has 0 saturated heterocycles. The molecule has 4 nitrogen and oxygen atoms in total. The summed E-state index contributed by atoms with van der Waals surface area (Å²) in [5.41, 5.74) is 25.6. The Hall–Kier alpha value is -7.04. The van der Waals surface area contributed by atoms with E-state index in [2.05, 4.69) is 245 Å². The van der Waals surface area contributed by atoms with E-state index in [1.807, 2.05) is 0 Å². The van der Waals surface area contributed by atoms with Crippen LogP contribution in [0.2, 0.25) is 0 Å². The van der Waals surface area contributed by atoms with Gasteiger partial charge in [0.1, 0.15) is 0 Å². The van der Waals surface area contributed by atoms with Gasteiger partial charge in [0.2, 0.25) is 0 Å². The van der Waals surface area contributed by atoms with Gasteiger partial charge in [-0.05, 0) is 221 Å². The van der Waals surface area contributed by atoms with Crippen LogP contribution in [0.1, 0.15) is 226 Å². The number of benzene rings is 8. The van der Waals surface area contributed by atoms with E-state index in [9.17, 15) is 0 Å². The van der Waals surface area contributed by atoms with Gasteiger partial charge in [-0.3, -0.25) is 0 Å². The molecule has 0 atom stereocenters. The average Bonchev–Trinajstić information content (AvgIpc) is 0.861. The first-order chi connectivity index (χ1) is 43.2. The van der Waals surface area contributed by atoms with Crippen LogP contribution < -0.4 is 19.6 Å². The Balaban J connectivity index is 0.000000209. The zero-order valence-corrected chi connectivity index (χ0v) is 55.8. The molecule has 0 N–H and O–H groups in total. The summed E-state index contributed by atoms with van der Waals surface area (Å²) in [7, 11) is 0. The van der Waals surface area contributed by atoms with Crippen molar-refractivity contribution in [2.45, 2.75) is 235 Å². The molecule has 88 heavy (non-hydrogen) atoms. The fraction of sp³-hybridized carbons (Fsp3) is 0.429. The number of rotatable bonds is 32. The van der Waals surface area contributed by atoms with Crippen LogP contribution in [0, 0.1) is 27.7 Å². The minimum Gasteiger partial charge on any atom is -0.306 e. The molecule has 0 aromatic heterocycles. The van der Waals surface area contributed by atoms with Crippen molar-refractivity contribution in [2.75, 3.05) is 19.6 Å². The maximum atomic E-state index is 2.47. The molecular formula is C84H108N4. The molecule has 4 heteroatoms. The number of hydrogen-bond donors (Lipinski definition) is 0. The molecule has 0 bridgehead atoms. The topological polar surface area (TPSA) is 13.0 Å². The van der Waals surface area contributed by atoms with Gasteiger partial charge in [-0.1, -0.05) is 229 Å². The van der Waals surface area contributed by atoms with Gasteiger partial charge in [0.15, 0.2) is 0 Å². The predicted octanol–water partition coefficient (Wildman–Crippen LogP) is 26.7. The third-order valence-corrected chi connectivity index (χ3v) is 18.5. The Morgan fingerprint density at radius 3 is 0.591 bits per heavy atom. The molecule has 0 amide bonds. The lowest BCUT2D eigenvalue weighted by Gasteiger charge is -2.40. The number of nitrogens with zero attached hydrogens (tertiary/aromatic N) is 4. The standard InChI is InChI=1S/2C42H54N2/c1-5-7-9-11-13-15-17-35-21-25-37(26-22-35)43-39-29-19-34(4)32-42(39)44(40-30-20-33(3)31-41(40)43)38-27-23-36(24-28-38)18-16-14-12-10-8-6-2;1-5-7-9-11-13-15-17-35-21-25-37(26-22-35)43-39-29-19-33(3)31-41(39)44(42-32-34(4)20-30-40(42)43)38-27-23-36(24-28-38)18-16-14-12-10-8-6-2/h2*19-32H,5-18H2,1-4H3. The van der Waals surface area contributed by atoms with Crippen LogP contribution in [-0.2, 0) is 25.7 Å². The maximum absolute atomic E-state index is 2.47. The van der Waals surface area contributed by atoms with Crippen molar-refractivity contribution in [2.24, 2.45) is 0 Å². The number of anilines is 12. The van der Waals surface area contributed by atoms with Crippen LogP contribution in [0.4, 0.5) is 68.2 Å². The van der Waals surface area contributed by atoms with Gasteiger partial charge < -0.3 is 19.6 Å². The molecule has 8 aromatic carbocycles. The molecule has 0 spiro atoms. The van der Waals surface area contributed by atoms with Crippen LogP contribution in [0.25, 0.3) is 0 Å². The summed E-state index contributed by atoms with van der Waals surface area (Å²) < 4.78 is 0. The second-order valence-corrected chi connectivity index (χ2v) is 26.0. The van der Waals surface area contributed by atoms with Crippen molar-refractivity contribution in [3.05, 3.63) is 214 Å². The monoisotopic (exact) mass is 1170 g/mol. The molecule has 10 rings (SSSR count). The van der Waals surface area contributed by atoms with Crippen molar-refractivity contribution in [3.63, 3.8) is 0 Å². The smallest absolute Gasteiger partial charge is 0.0705 e. The van der Waals surface area contributed by atoms with Crippen LogP contribution in [0.5, 0.6) is 0 Å². The second-order valence-electron chi connectivity index (χ2n) is 26.0. The third-order valence-electron chi connectivity index (χ3n) is 18.5. The fourth-order valence-corrected chi connectivity index (χ4v) is 13.3. The Morgan fingerprint density at radius 2 is 0.375 bits per heavy atom. The first kappa shape index (κ1) is 65.4. The number of fused-ring (bicyclic) bond motifs is 4. The Labute approximate surface area is 534 Å². The van der Waals surface area contributed by atoms with E-state index in [1.165, 1.54) is 293 Å². The van der Waals surface area contributed by atoms with E-state index in [-0.39, 0.29) is 0 Å². The summed E-state index contributed by atoms with van der Waals surface area (Å²) >= 11 is 0. The third kappa shape index (κ3) is 17.6. The quantitative estimate of drug-likeness (QED) is 0.0390. The lowest BCUT2D eigenvalue weighted by molar-refractivity contribution is 0.607. The lowest BCUT2D eigenvalue weighted by Crippen LogP contribution is -2.24. The van der Waals surface area contributed by atoms with E-state index >= 15 is 0 Å². The van der Waals surface area contributed by atoms with E-state index in [4.69, 9.17) is 0 Å².